The van der Waals surface area contributed by atoms with E-state index in [9.17, 15) is 4.79 Å². The highest BCUT2D eigenvalue weighted by molar-refractivity contribution is 5.95. The zero-order valence-electron chi connectivity index (χ0n) is 15.6. The number of nitrogens with one attached hydrogen (secondary N) is 1. The number of benzene rings is 1. The highest BCUT2D eigenvalue weighted by atomic mass is 16.1. The van der Waals surface area contributed by atoms with Gasteiger partial charge in [0, 0.05) is 12.4 Å². The summed E-state index contributed by atoms with van der Waals surface area (Å²) < 4.78 is 1.86. The Bertz CT molecular complexity index is 882. The van der Waals surface area contributed by atoms with Crippen LogP contribution in [-0.2, 0) is 0 Å². The van der Waals surface area contributed by atoms with E-state index in [2.05, 4.69) is 36.2 Å². The first-order valence-corrected chi connectivity index (χ1v) is 8.83. The summed E-state index contributed by atoms with van der Waals surface area (Å²) in [5, 5.41) is 7.55. The second-order valence-electron chi connectivity index (χ2n) is 6.82. The lowest BCUT2D eigenvalue weighted by Gasteiger charge is -2.16. The fourth-order valence-corrected chi connectivity index (χ4v) is 2.99. The predicted molar refractivity (Wildman–Crippen MR) is 103 cm³/mol. The smallest absolute Gasteiger partial charge is 0.255 e. The molecule has 0 aliphatic rings. The maximum Gasteiger partial charge on any atom is 0.255 e. The van der Waals surface area contributed by atoms with Crippen molar-refractivity contribution < 1.29 is 4.79 Å². The number of aryl methyl sites for hydroxylation is 1. The molecule has 0 saturated heterocycles. The lowest BCUT2D eigenvalue weighted by molar-refractivity contribution is 0.0938. The Kier molecular flexibility index (Phi) is 5.16. The third kappa shape index (κ3) is 3.67. The molecule has 2 heterocycles. The van der Waals surface area contributed by atoms with Gasteiger partial charge in [-0.1, -0.05) is 31.5 Å². The molecule has 0 spiro atoms. The van der Waals surface area contributed by atoms with Crippen LogP contribution < -0.4 is 5.32 Å². The van der Waals surface area contributed by atoms with Gasteiger partial charge in [-0.2, -0.15) is 5.10 Å². The number of carbonyl (C=O) groups is 1. The number of hydrogen-bond acceptors (Lipinski definition) is 3. The van der Waals surface area contributed by atoms with E-state index in [0.29, 0.717) is 5.56 Å². The minimum Gasteiger partial charge on any atom is -0.345 e. The molecular weight excluding hydrogens is 324 g/mol. The largest absolute Gasteiger partial charge is 0.345 e. The van der Waals surface area contributed by atoms with Crippen LogP contribution >= 0.6 is 0 Å². The molecule has 5 heteroatoms. The predicted octanol–water partition coefficient (Wildman–Crippen LogP) is 4.19. The van der Waals surface area contributed by atoms with Gasteiger partial charge in [0.25, 0.3) is 5.91 Å². The van der Waals surface area contributed by atoms with Crippen molar-refractivity contribution in [3.8, 4) is 5.69 Å². The van der Waals surface area contributed by atoms with Crippen molar-refractivity contribution in [2.75, 3.05) is 0 Å². The van der Waals surface area contributed by atoms with Gasteiger partial charge in [0.15, 0.2) is 0 Å². The van der Waals surface area contributed by atoms with Crippen LogP contribution in [0.25, 0.3) is 5.69 Å². The van der Waals surface area contributed by atoms with E-state index in [-0.39, 0.29) is 17.9 Å². The third-order valence-electron chi connectivity index (χ3n) is 4.43. The third-order valence-corrected chi connectivity index (χ3v) is 4.43. The van der Waals surface area contributed by atoms with E-state index >= 15 is 0 Å². The average molecular weight is 348 g/mol. The molecular formula is C21H24N4O. The highest BCUT2D eigenvalue weighted by Gasteiger charge is 2.22. The average Bonchev–Trinajstić information content (AvgIpc) is 3.08. The fraction of sp³-hybridized carbons (Fsp3) is 0.286. The lowest BCUT2D eigenvalue weighted by atomic mass is 10.0. The molecule has 1 amide bonds. The SMILES string of the molecule is Cc1ccc(-n2ncc(C(=O)NC(C)c3ccncc3)c2C(C)C)cc1. The molecule has 5 nitrogen and oxygen atoms in total. The molecule has 26 heavy (non-hydrogen) atoms. The molecule has 134 valence electrons. The standard InChI is InChI=1S/C21H24N4O/c1-14(2)20-19(13-23-25(20)18-7-5-15(3)6-8-18)21(26)24-16(4)17-9-11-22-12-10-17/h5-14,16H,1-4H3,(H,24,26). The zero-order chi connectivity index (χ0) is 18.7. The van der Waals surface area contributed by atoms with E-state index in [1.54, 1.807) is 18.6 Å². The molecule has 0 fully saturated rings. The molecule has 1 unspecified atom stereocenters. The maximum absolute atomic E-state index is 12.9. The molecule has 2 aromatic heterocycles. The molecule has 0 saturated carbocycles. The number of pyridine rings is 1. The summed E-state index contributed by atoms with van der Waals surface area (Å²) in [7, 11) is 0. The monoisotopic (exact) mass is 348 g/mol. The van der Waals surface area contributed by atoms with Gasteiger partial charge in [-0.05, 0) is 49.6 Å². The van der Waals surface area contributed by atoms with Gasteiger partial charge in [0.05, 0.1) is 29.2 Å². The summed E-state index contributed by atoms with van der Waals surface area (Å²) in [5.41, 5.74) is 4.69. The lowest BCUT2D eigenvalue weighted by Crippen LogP contribution is -2.27. The Hall–Kier alpha value is -2.95. The van der Waals surface area contributed by atoms with E-state index in [0.717, 1.165) is 16.9 Å². The normalized spacial score (nSPS) is 12.2. The molecule has 0 aliphatic carbocycles. The molecule has 1 N–H and O–H groups in total. The van der Waals surface area contributed by atoms with Crippen molar-refractivity contribution in [2.24, 2.45) is 0 Å². The number of nitrogens with zero attached hydrogens (tertiary/aromatic N) is 3. The molecule has 3 rings (SSSR count). The van der Waals surface area contributed by atoms with Crippen molar-refractivity contribution in [1.82, 2.24) is 20.1 Å². The van der Waals surface area contributed by atoms with Crippen LogP contribution in [0.4, 0.5) is 0 Å². The first-order valence-electron chi connectivity index (χ1n) is 8.83. The van der Waals surface area contributed by atoms with Gasteiger partial charge in [-0.25, -0.2) is 4.68 Å². The molecule has 0 bridgehead atoms. The Morgan fingerprint density at radius 3 is 2.31 bits per heavy atom. The minimum atomic E-state index is -0.114. The van der Waals surface area contributed by atoms with Gasteiger partial charge in [-0.3, -0.25) is 9.78 Å². The zero-order valence-corrected chi connectivity index (χ0v) is 15.6. The van der Waals surface area contributed by atoms with Crippen LogP contribution in [-0.4, -0.2) is 20.7 Å². The van der Waals surface area contributed by atoms with Crippen molar-refractivity contribution in [2.45, 2.75) is 39.7 Å². The van der Waals surface area contributed by atoms with Gasteiger partial charge in [-0.15, -0.1) is 0 Å². The topological polar surface area (TPSA) is 59.8 Å². The van der Waals surface area contributed by atoms with Crippen molar-refractivity contribution in [3.05, 3.63) is 77.4 Å². The number of carbonyl (C=O) groups excluding carboxylic acids is 1. The second-order valence-corrected chi connectivity index (χ2v) is 6.82. The van der Waals surface area contributed by atoms with Crippen LogP contribution in [0, 0.1) is 6.92 Å². The van der Waals surface area contributed by atoms with Gasteiger partial charge in [0.1, 0.15) is 0 Å². The fourth-order valence-electron chi connectivity index (χ4n) is 2.99. The molecule has 3 aromatic rings. The van der Waals surface area contributed by atoms with Gasteiger partial charge < -0.3 is 5.32 Å². The summed E-state index contributed by atoms with van der Waals surface area (Å²) in [6.45, 7) is 8.16. The van der Waals surface area contributed by atoms with Gasteiger partial charge >= 0.3 is 0 Å². The maximum atomic E-state index is 12.9. The van der Waals surface area contributed by atoms with Crippen LogP contribution in [0.15, 0.2) is 55.0 Å². The van der Waals surface area contributed by atoms with Crippen LogP contribution in [0.5, 0.6) is 0 Å². The van der Waals surface area contributed by atoms with Crippen molar-refractivity contribution in [1.29, 1.82) is 0 Å². The number of hydrogen-bond donors (Lipinski definition) is 1. The summed E-state index contributed by atoms with van der Waals surface area (Å²) in [6.07, 6.45) is 5.11. The quantitative estimate of drug-likeness (QED) is 0.752. The molecule has 0 radical (unpaired) electrons. The van der Waals surface area contributed by atoms with Crippen LogP contribution in [0.1, 0.15) is 59.9 Å². The second kappa shape index (κ2) is 7.52. The van der Waals surface area contributed by atoms with Crippen molar-refractivity contribution in [3.63, 3.8) is 0 Å². The molecule has 1 atom stereocenters. The summed E-state index contributed by atoms with van der Waals surface area (Å²) in [5.74, 6) is 0.0483. The molecule has 1 aromatic carbocycles. The Morgan fingerprint density at radius 1 is 1.04 bits per heavy atom. The van der Waals surface area contributed by atoms with Crippen LogP contribution in [0.3, 0.4) is 0 Å². The first-order chi connectivity index (χ1) is 12.5. The van der Waals surface area contributed by atoms with E-state index in [4.69, 9.17) is 0 Å². The number of rotatable bonds is 5. The Morgan fingerprint density at radius 2 is 1.69 bits per heavy atom. The Balaban J connectivity index is 1.90. The Labute approximate surface area is 154 Å². The number of amides is 1. The van der Waals surface area contributed by atoms with E-state index < -0.39 is 0 Å². The van der Waals surface area contributed by atoms with Crippen molar-refractivity contribution >= 4 is 5.91 Å². The highest BCUT2D eigenvalue weighted by Crippen LogP contribution is 2.24. The van der Waals surface area contributed by atoms with Gasteiger partial charge in [0.2, 0.25) is 0 Å². The van der Waals surface area contributed by atoms with Crippen LogP contribution in [0.2, 0.25) is 0 Å². The van der Waals surface area contributed by atoms with E-state index in [1.807, 2.05) is 48.0 Å². The summed E-state index contributed by atoms with van der Waals surface area (Å²) in [4.78, 5) is 16.9. The first kappa shape index (κ1) is 17.9. The summed E-state index contributed by atoms with van der Waals surface area (Å²) >= 11 is 0. The molecule has 0 aliphatic heterocycles. The van der Waals surface area contributed by atoms with E-state index in [1.165, 1.54) is 5.56 Å². The summed E-state index contributed by atoms with van der Waals surface area (Å²) in [6, 6.07) is 11.9. The minimum absolute atomic E-state index is 0.103. The number of aromatic nitrogens is 3.